The summed E-state index contributed by atoms with van der Waals surface area (Å²) in [5.41, 5.74) is 6.64. The van der Waals surface area contributed by atoms with Crippen molar-refractivity contribution in [2.45, 2.75) is 0 Å². The first-order valence-corrected chi connectivity index (χ1v) is 6.29. The quantitative estimate of drug-likeness (QED) is 0.530. The molecule has 0 saturated heterocycles. The van der Waals surface area contributed by atoms with Crippen LogP contribution in [0.4, 0.5) is 5.69 Å². The Morgan fingerprint density at radius 2 is 1.95 bits per heavy atom. The number of nitrogens with zero attached hydrogens (tertiary/aromatic N) is 2. The highest BCUT2D eigenvalue weighted by Gasteiger charge is 2.07. The number of nitrogens with two attached hydrogens (primary N) is 1. The summed E-state index contributed by atoms with van der Waals surface area (Å²) < 4.78 is 5.72. The van der Waals surface area contributed by atoms with Crippen LogP contribution < -0.4 is 10.5 Å². The van der Waals surface area contributed by atoms with E-state index in [0.29, 0.717) is 11.4 Å². The molecule has 20 heavy (non-hydrogen) atoms. The lowest BCUT2D eigenvalue weighted by Gasteiger charge is -2.10. The zero-order valence-electron chi connectivity index (χ0n) is 11.0. The molecule has 0 atom stereocenters. The van der Waals surface area contributed by atoms with Gasteiger partial charge in [0.1, 0.15) is 10.9 Å². The normalized spacial score (nSPS) is 12.5. The van der Waals surface area contributed by atoms with Crippen molar-refractivity contribution in [3.05, 3.63) is 48.4 Å². The number of allylic oxidation sites excluding steroid dienone is 1. The average molecular weight is 288 g/mol. The van der Waals surface area contributed by atoms with Crippen molar-refractivity contribution in [3.8, 4) is 5.75 Å². The molecule has 0 saturated carbocycles. The van der Waals surface area contributed by atoms with E-state index < -0.39 is 0 Å². The van der Waals surface area contributed by atoms with Crippen LogP contribution in [0.5, 0.6) is 5.75 Å². The first-order valence-electron chi connectivity index (χ1n) is 5.91. The number of anilines is 1. The SMILES string of the molecule is C=N/C(=C\C(Cl)=NC)Oc1ccc(N)c2ccccc12. The van der Waals surface area contributed by atoms with Gasteiger partial charge in [0, 0.05) is 29.6 Å². The molecule has 0 aliphatic carbocycles. The second kappa shape index (κ2) is 6.21. The Bertz CT molecular complexity index is 707. The van der Waals surface area contributed by atoms with Gasteiger partial charge in [-0.1, -0.05) is 35.9 Å². The van der Waals surface area contributed by atoms with Crippen LogP contribution in [0, 0.1) is 0 Å². The lowest BCUT2D eigenvalue weighted by Crippen LogP contribution is -1.97. The molecular formula is C15H14ClN3O. The second-order valence-corrected chi connectivity index (χ2v) is 4.37. The maximum absolute atomic E-state index is 5.94. The lowest BCUT2D eigenvalue weighted by atomic mass is 10.1. The molecule has 0 fully saturated rings. The Morgan fingerprint density at radius 1 is 1.25 bits per heavy atom. The molecule has 2 N–H and O–H groups in total. The van der Waals surface area contributed by atoms with Crippen LogP contribution in [0.15, 0.2) is 58.3 Å². The Morgan fingerprint density at radius 3 is 2.60 bits per heavy atom. The molecule has 0 spiro atoms. The highest BCUT2D eigenvalue weighted by Crippen LogP contribution is 2.31. The predicted molar refractivity (Wildman–Crippen MR) is 85.8 cm³/mol. The largest absolute Gasteiger partial charge is 0.438 e. The highest BCUT2D eigenvalue weighted by molar-refractivity contribution is 6.68. The van der Waals surface area contributed by atoms with Crippen molar-refractivity contribution in [3.63, 3.8) is 0 Å². The molecule has 0 aliphatic rings. The fourth-order valence-electron chi connectivity index (χ4n) is 1.77. The van der Waals surface area contributed by atoms with Crippen molar-refractivity contribution < 1.29 is 4.74 Å². The fourth-order valence-corrected chi connectivity index (χ4v) is 1.86. The molecule has 2 aromatic carbocycles. The molecule has 0 unspecified atom stereocenters. The average Bonchev–Trinajstić information content (AvgIpc) is 2.49. The summed E-state index contributed by atoms with van der Waals surface area (Å²) in [7, 11) is 1.58. The number of hydrogen-bond donors (Lipinski definition) is 1. The number of halogens is 1. The number of ether oxygens (including phenoxy) is 1. The van der Waals surface area contributed by atoms with Gasteiger partial charge in [-0.3, -0.25) is 4.99 Å². The van der Waals surface area contributed by atoms with Crippen LogP contribution in [0.1, 0.15) is 0 Å². The minimum atomic E-state index is 0.274. The molecule has 0 heterocycles. The molecule has 0 aromatic heterocycles. The number of nitrogen functional groups attached to an aromatic ring is 1. The number of aliphatic imine (C=N–C) groups is 2. The van der Waals surface area contributed by atoms with Crippen molar-refractivity contribution in [1.29, 1.82) is 0 Å². The van der Waals surface area contributed by atoms with Crippen LogP contribution in [0.3, 0.4) is 0 Å². The van der Waals surface area contributed by atoms with Gasteiger partial charge in [0.25, 0.3) is 0 Å². The molecule has 0 bridgehead atoms. The van der Waals surface area contributed by atoms with Crippen molar-refractivity contribution in [1.82, 2.24) is 0 Å². The first kappa shape index (κ1) is 14.1. The van der Waals surface area contributed by atoms with Gasteiger partial charge in [-0.2, -0.15) is 0 Å². The Labute approximate surface area is 122 Å². The Kier molecular flexibility index (Phi) is 4.38. The third kappa shape index (κ3) is 2.97. The van der Waals surface area contributed by atoms with E-state index in [1.807, 2.05) is 24.3 Å². The third-order valence-electron chi connectivity index (χ3n) is 2.74. The first-order chi connectivity index (χ1) is 9.65. The Hall–Kier alpha value is -2.33. The van der Waals surface area contributed by atoms with Crippen LogP contribution >= 0.6 is 11.6 Å². The third-order valence-corrected chi connectivity index (χ3v) is 3.02. The van der Waals surface area contributed by atoms with Crippen LogP contribution in [0.2, 0.25) is 0 Å². The van der Waals surface area contributed by atoms with Gasteiger partial charge in [0.15, 0.2) is 0 Å². The van der Waals surface area contributed by atoms with E-state index in [1.54, 1.807) is 19.2 Å². The fraction of sp³-hybridized carbons (Fsp3) is 0.0667. The lowest BCUT2D eigenvalue weighted by molar-refractivity contribution is 0.428. The molecule has 0 radical (unpaired) electrons. The van der Waals surface area contributed by atoms with E-state index in [-0.39, 0.29) is 11.1 Å². The van der Waals surface area contributed by atoms with Gasteiger partial charge in [-0.25, -0.2) is 4.99 Å². The monoisotopic (exact) mass is 287 g/mol. The summed E-state index contributed by atoms with van der Waals surface area (Å²) in [6.07, 6.45) is 1.50. The van der Waals surface area contributed by atoms with Crippen LogP contribution in [-0.2, 0) is 0 Å². The Balaban J connectivity index is 2.46. The van der Waals surface area contributed by atoms with E-state index in [4.69, 9.17) is 22.1 Å². The topological polar surface area (TPSA) is 60.0 Å². The maximum Gasteiger partial charge on any atom is 0.221 e. The van der Waals surface area contributed by atoms with Gasteiger partial charge < -0.3 is 10.5 Å². The van der Waals surface area contributed by atoms with Crippen molar-refractivity contribution >= 4 is 39.9 Å². The minimum Gasteiger partial charge on any atom is -0.438 e. The molecule has 2 aromatic rings. The predicted octanol–water partition coefficient (Wildman–Crippen LogP) is 3.61. The number of rotatable bonds is 4. The van der Waals surface area contributed by atoms with Gasteiger partial charge in [0.2, 0.25) is 5.88 Å². The van der Waals surface area contributed by atoms with Crippen LogP contribution in [0.25, 0.3) is 10.8 Å². The molecule has 4 nitrogen and oxygen atoms in total. The minimum absolute atomic E-state index is 0.274. The van der Waals surface area contributed by atoms with Crippen molar-refractivity contribution in [2.24, 2.45) is 9.98 Å². The molecular weight excluding hydrogens is 274 g/mol. The summed E-state index contributed by atoms with van der Waals surface area (Å²) in [6.45, 7) is 3.46. The standard InChI is InChI=1S/C15H14ClN3O/c1-18-14(16)9-15(19-2)20-13-8-7-12(17)10-5-3-4-6-11(10)13/h3-9H,2,17H2,1H3/b15-9+,18-14?. The van der Waals surface area contributed by atoms with E-state index in [9.17, 15) is 0 Å². The van der Waals surface area contributed by atoms with E-state index in [2.05, 4.69) is 16.7 Å². The van der Waals surface area contributed by atoms with Gasteiger partial charge in [-0.05, 0) is 18.9 Å². The highest BCUT2D eigenvalue weighted by atomic mass is 35.5. The maximum atomic E-state index is 5.94. The zero-order valence-corrected chi connectivity index (χ0v) is 11.8. The summed E-state index contributed by atoms with van der Waals surface area (Å²) >= 11 is 5.83. The molecule has 5 heteroatoms. The number of benzene rings is 2. The molecule has 2 rings (SSSR count). The smallest absolute Gasteiger partial charge is 0.221 e. The summed E-state index contributed by atoms with van der Waals surface area (Å²) in [5.74, 6) is 0.907. The number of hydrogen-bond acceptors (Lipinski definition) is 4. The van der Waals surface area contributed by atoms with E-state index in [0.717, 1.165) is 10.8 Å². The summed E-state index contributed by atoms with van der Waals surface area (Å²) in [4.78, 5) is 7.61. The molecule has 102 valence electrons. The van der Waals surface area contributed by atoms with E-state index in [1.165, 1.54) is 6.08 Å². The van der Waals surface area contributed by atoms with Crippen LogP contribution in [-0.4, -0.2) is 18.9 Å². The molecule has 0 aliphatic heterocycles. The zero-order chi connectivity index (χ0) is 14.5. The van der Waals surface area contributed by atoms with Gasteiger partial charge in [-0.15, -0.1) is 0 Å². The van der Waals surface area contributed by atoms with Crippen molar-refractivity contribution in [2.75, 3.05) is 12.8 Å². The second-order valence-electron chi connectivity index (χ2n) is 3.99. The molecule has 0 amide bonds. The van der Waals surface area contributed by atoms with Gasteiger partial charge >= 0.3 is 0 Å². The van der Waals surface area contributed by atoms with Gasteiger partial charge in [0.05, 0.1) is 0 Å². The number of fused-ring (bicyclic) bond motifs is 1. The summed E-state index contributed by atoms with van der Waals surface area (Å²) in [5, 5.41) is 2.10. The van der Waals surface area contributed by atoms with E-state index >= 15 is 0 Å². The summed E-state index contributed by atoms with van der Waals surface area (Å²) in [6, 6.07) is 11.3.